The fourth-order valence-electron chi connectivity index (χ4n) is 1.71. The lowest BCUT2D eigenvalue weighted by molar-refractivity contribution is 0.0980. The topological polar surface area (TPSA) is 31.2 Å². The first-order valence-corrected chi connectivity index (χ1v) is 6.90. The highest BCUT2D eigenvalue weighted by Crippen LogP contribution is 2.06. The average molecular weight is 251 g/mol. The predicted molar refractivity (Wildman–Crippen MR) is 73.9 cm³/mol. The van der Waals surface area contributed by atoms with Crippen molar-refractivity contribution in [2.75, 3.05) is 13.2 Å². The fraction of sp³-hybridized carbons (Fsp3) is 0.667. The van der Waals surface area contributed by atoms with Crippen molar-refractivity contribution < 1.29 is 9.53 Å². The Morgan fingerprint density at radius 2 is 2.17 bits per heavy atom. The van der Waals surface area contributed by atoms with E-state index in [1.807, 2.05) is 30.0 Å². The van der Waals surface area contributed by atoms with Gasteiger partial charge in [0, 0.05) is 37.5 Å². The summed E-state index contributed by atoms with van der Waals surface area (Å²) in [6, 6.07) is 1.89. The molecule has 0 bridgehead atoms. The smallest absolute Gasteiger partial charge is 0.164 e. The first kappa shape index (κ1) is 15.0. The molecular weight excluding hydrogens is 226 g/mol. The van der Waals surface area contributed by atoms with Crippen LogP contribution in [0.1, 0.15) is 50.4 Å². The molecule has 0 unspecified atom stereocenters. The molecule has 1 rings (SSSR count). The lowest BCUT2D eigenvalue weighted by atomic mass is 10.1. The molecule has 1 heterocycles. The lowest BCUT2D eigenvalue weighted by Crippen LogP contribution is -2.06. The van der Waals surface area contributed by atoms with E-state index in [-0.39, 0.29) is 5.78 Å². The van der Waals surface area contributed by atoms with E-state index < -0.39 is 0 Å². The number of carbonyl (C=O) groups is 1. The van der Waals surface area contributed by atoms with Crippen LogP contribution >= 0.6 is 0 Å². The molecule has 3 nitrogen and oxygen atoms in total. The first-order chi connectivity index (χ1) is 8.63. The van der Waals surface area contributed by atoms with Crippen LogP contribution in [-0.2, 0) is 11.3 Å². The van der Waals surface area contributed by atoms with Gasteiger partial charge in [0.1, 0.15) is 0 Å². The molecule has 0 saturated carbocycles. The van der Waals surface area contributed by atoms with Crippen molar-refractivity contribution in [1.29, 1.82) is 0 Å². The van der Waals surface area contributed by atoms with Gasteiger partial charge in [0.2, 0.25) is 0 Å². The minimum Gasteiger partial charge on any atom is -0.380 e. The maximum Gasteiger partial charge on any atom is 0.164 e. The van der Waals surface area contributed by atoms with Gasteiger partial charge < -0.3 is 9.30 Å². The molecule has 0 aromatic carbocycles. The maximum atomic E-state index is 11.7. The summed E-state index contributed by atoms with van der Waals surface area (Å²) in [5.74, 6) is 0.923. The molecule has 18 heavy (non-hydrogen) atoms. The monoisotopic (exact) mass is 251 g/mol. The van der Waals surface area contributed by atoms with Gasteiger partial charge in [-0.2, -0.15) is 0 Å². The van der Waals surface area contributed by atoms with Crippen molar-refractivity contribution in [1.82, 2.24) is 4.57 Å². The molecular formula is C15H25NO2. The van der Waals surface area contributed by atoms with Crippen LogP contribution in [0.25, 0.3) is 0 Å². The van der Waals surface area contributed by atoms with Crippen LogP contribution in [-0.4, -0.2) is 23.6 Å². The molecule has 0 amide bonds. The quantitative estimate of drug-likeness (QED) is 0.496. The zero-order chi connectivity index (χ0) is 13.4. The van der Waals surface area contributed by atoms with Gasteiger partial charge in [-0.15, -0.1) is 0 Å². The van der Waals surface area contributed by atoms with Gasteiger partial charge in [0.25, 0.3) is 0 Å². The van der Waals surface area contributed by atoms with Crippen molar-refractivity contribution >= 4 is 5.78 Å². The van der Waals surface area contributed by atoms with E-state index in [1.54, 1.807) is 0 Å². The Hall–Kier alpha value is -1.09. The highest BCUT2D eigenvalue weighted by molar-refractivity contribution is 5.95. The number of Topliss-reactive ketones (excluding diaryl/α,β-unsaturated/α-hetero) is 1. The zero-order valence-electron chi connectivity index (χ0n) is 11.8. The maximum absolute atomic E-state index is 11.7. The fourth-order valence-corrected chi connectivity index (χ4v) is 1.71. The van der Waals surface area contributed by atoms with E-state index in [9.17, 15) is 4.79 Å². The van der Waals surface area contributed by atoms with Gasteiger partial charge in [-0.1, -0.05) is 20.8 Å². The number of hydrogen-bond acceptors (Lipinski definition) is 2. The summed E-state index contributed by atoms with van der Waals surface area (Å²) in [7, 11) is 0. The SMILES string of the molecule is CCCC(=O)c1ccn(CCOCCC(C)C)c1. The lowest BCUT2D eigenvalue weighted by Gasteiger charge is -2.07. The van der Waals surface area contributed by atoms with E-state index in [1.165, 1.54) is 0 Å². The van der Waals surface area contributed by atoms with E-state index >= 15 is 0 Å². The van der Waals surface area contributed by atoms with Crippen molar-refractivity contribution in [2.45, 2.75) is 46.6 Å². The summed E-state index contributed by atoms with van der Waals surface area (Å²) in [4.78, 5) is 11.7. The minimum absolute atomic E-state index is 0.233. The molecule has 0 spiro atoms. The number of nitrogens with zero attached hydrogens (tertiary/aromatic N) is 1. The third kappa shape index (κ3) is 5.50. The van der Waals surface area contributed by atoms with Crippen molar-refractivity contribution in [3.63, 3.8) is 0 Å². The number of aromatic nitrogens is 1. The molecule has 1 aromatic rings. The molecule has 0 radical (unpaired) electrons. The summed E-state index contributed by atoms with van der Waals surface area (Å²) in [6.45, 7) is 8.76. The van der Waals surface area contributed by atoms with Crippen LogP contribution in [0.5, 0.6) is 0 Å². The van der Waals surface area contributed by atoms with E-state index in [4.69, 9.17) is 4.74 Å². The Morgan fingerprint density at radius 1 is 1.39 bits per heavy atom. The minimum atomic E-state index is 0.233. The number of ketones is 1. The second-order valence-corrected chi connectivity index (χ2v) is 5.11. The highest BCUT2D eigenvalue weighted by Gasteiger charge is 2.05. The summed E-state index contributed by atoms with van der Waals surface area (Å²) in [5.41, 5.74) is 0.819. The third-order valence-electron chi connectivity index (χ3n) is 2.88. The number of hydrogen-bond donors (Lipinski definition) is 0. The molecule has 0 aliphatic heterocycles. The Bertz CT molecular complexity index is 355. The largest absolute Gasteiger partial charge is 0.380 e. The number of rotatable bonds is 9. The molecule has 1 aromatic heterocycles. The van der Waals surface area contributed by atoms with Gasteiger partial charge in [-0.05, 0) is 24.8 Å². The van der Waals surface area contributed by atoms with Crippen LogP contribution < -0.4 is 0 Å². The second-order valence-electron chi connectivity index (χ2n) is 5.11. The van der Waals surface area contributed by atoms with Crippen LogP contribution in [0.15, 0.2) is 18.5 Å². The van der Waals surface area contributed by atoms with Crippen LogP contribution in [0.3, 0.4) is 0 Å². The second kappa shape index (κ2) is 8.09. The summed E-state index contributed by atoms with van der Waals surface area (Å²) >= 11 is 0. The molecule has 0 aliphatic carbocycles. The molecule has 0 N–H and O–H groups in total. The van der Waals surface area contributed by atoms with E-state index in [0.717, 1.165) is 31.6 Å². The van der Waals surface area contributed by atoms with E-state index in [2.05, 4.69) is 13.8 Å². The molecule has 0 atom stereocenters. The van der Waals surface area contributed by atoms with Gasteiger partial charge >= 0.3 is 0 Å². The van der Waals surface area contributed by atoms with Crippen LogP contribution in [0, 0.1) is 5.92 Å². The molecule has 0 aliphatic rings. The highest BCUT2D eigenvalue weighted by atomic mass is 16.5. The molecule has 0 fully saturated rings. The molecule has 102 valence electrons. The van der Waals surface area contributed by atoms with Crippen LogP contribution in [0.4, 0.5) is 0 Å². The number of carbonyl (C=O) groups excluding carboxylic acids is 1. The predicted octanol–water partition coefficient (Wildman–Crippen LogP) is 3.53. The summed E-state index contributed by atoms with van der Waals surface area (Å²) < 4.78 is 7.59. The molecule has 3 heteroatoms. The van der Waals surface area contributed by atoms with Crippen molar-refractivity contribution in [3.05, 3.63) is 24.0 Å². The van der Waals surface area contributed by atoms with Gasteiger partial charge in [0.15, 0.2) is 5.78 Å². The first-order valence-electron chi connectivity index (χ1n) is 6.90. The average Bonchev–Trinajstić information content (AvgIpc) is 2.77. The Labute approximate surface area is 110 Å². The standard InChI is InChI=1S/C15H25NO2/c1-4-5-15(17)14-6-8-16(12-14)9-11-18-10-7-13(2)3/h6,8,12-13H,4-5,7,9-11H2,1-3H3. The Kier molecular flexibility index (Phi) is 6.73. The van der Waals surface area contributed by atoms with Crippen molar-refractivity contribution in [2.24, 2.45) is 5.92 Å². The normalized spacial score (nSPS) is 11.1. The third-order valence-corrected chi connectivity index (χ3v) is 2.88. The Balaban J connectivity index is 2.25. The summed E-state index contributed by atoms with van der Waals surface area (Å²) in [5, 5.41) is 0. The van der Waals surface area contributed by atoms with E-state index in [0.29, 0.717) is 18.9 Å². The number of ether oxygens (including phenoxy) is 1. The van der Waals surface area contributed by atoms with Crippen molar-refractivity contribution in [3.8, 4) is 0 Å². The summed E-state index contributed by atoms with van der Waals surface area (Å²) in [6.07, 6.45) is 6.52. The van der Waals surface area contributed by atoms with Gasteiger partial charge in [-0.3, -0.25) is 4.79 Å². The molecule has 0 saturated heterocycles. The van der Waals surface area contributed by atoms with Gasteiger partial charge in [-0.25, -0.2) is 0 Å². The Morgan fingerprint density at radius 3 is 2.83 bits per heavy atom. The zero-order valence-corrected chi connectivity index (χ0v) is 11.8. The van der Waals surface area contributed by atoms with Gasteiger partial charge in [0.05, 0.1) is 6.61 Å². The van der Waals surface area contributed by atoms with Crippen LogP contribution in [0.2, 0.25) is 0 Å².